The van der Waals surface area contributed by atoms with Gasteiger partial charge in [0.2, 0.25) is 0 Å². The van der Waals surface area contributed by atoms with Gasteiger partial charge in [0.1, 0.15) is 5.54 Å². The van der Waals surface area contributed by atoms with E-state index < -0.39 is 27.4 Å². The molecule has 1 unspecified atom stereocenters. The number of imide groups is 1. The molecule has 1 spiro atoms. The topological polar surface area (TPSA) is 116 Å². The van der Waals surface area contributed by atoms with Crippen LogP contribution < -0.4 is 10.6 Å². The normalized spacial score (nSPS) is 22.2. The number of nitrogens with zero attached hydrogens (tertiary/aromatic N) is 2. The summed E-state index contributed by atoms with van der Waals surface area (Å²) in [6, 6.07) is 22.6. The zero-order chi connectivity index (χ0) is 31.1. The van der Waals surface area contributed by atoms with Crippen LogP contribution in [0.3, 0.4) is 0 Å². The summed E-state index contributed by atoms with van der Waals surface area (Å²) >= 11 is 6.53. The third kappa shape index (κ3) is 6.53. The second-order valence-corrected chi connectivity index (χ2v) is 14.4. The molecular weight excluding hydrogens is 635 g/mol. The van der Waals surface area contributed by atoms with E-state index in [1.54, 1.807) is 24.3 Å². The minimum atomic E-state index is -3.35. The lowest BCUT2D eigenvalue weighted by Gasteiger charge is -2.43. The summed E-state index contributed by atoms with van der Waals surface area (Å²) in [5, 5.41) is 6.87. The van der Waals surface area contributed by atoms with Crippen LogP contribution in [0.1, 0.15) is 40.2 Å². The van der Waals surface area contributed by atoms with Crippen LogP contribution >= 0.6 is 24.0 Å². The Labute approximate surface area is 274 Å². The van der Waals surface area contributed by atoms with Crippen molar-refractivity contribution in [3.05, 3.63) is 101 Å². The molecule has 0 saturated carbocycles. The van der Waals surface area contributed by atoms with Crippen molar-refractivity contribution in [3.8, 4) is 0 Å². The number of amides is 3. The van der Waals surface area contributed by atoms with Crippen molar-refractivity contribution >= 4 is 51.6 Å². The Morgan fingerprint density at radius 2 is 1.60 bits per heavy atom. The van der Waals surface area contributed by atoms with E-state index >= 15 is 0 Å². The van der Waals surface area contributed by atoms with Crippen LogP contribution in [0.2, 0.25) is 5.02 Å². The first-order valence-corrected chi connectivity index (χ1v) is 17.1. The molecule has 45 heavy (non-hydrogen) atoms. The Morgan fingerprint density at radius 1 is 0.956 bits per heavy atom. The molecule has 3 amide bonds. The second kappa shape index (κ2) is 13.2. The fraction of sp³-hybridized carbons (Fsp3) is 0.364. The number of nitrogens with one attached hydrogen (secondary N) is 2. The van der Waals surface area contributed by atoms with E-state index in [1.165, 1.54) is 22.6 Å². The van der Waals surface area contributed by atoms with Gasteiger partial charge in [0.05, 0.1) is 22.5 Å². The molecular formula is C33H36Cl2N4O5S. The van der Waals surface area contributed by atoms with Gasteiger partial charge >= 0.3 is 6.03 Å². The molecule has 3 saturated heterocycles. The predicted molar refractivity (Wildman–Crippen MR) is 175 cm³/mol. The van der Waals surface area contributed by atoms with Crippen molar-refractivity contribution in [1.82, 2.24) is 20.4 Å². The van der Waals surface area contributed by atoms with Crippen molar-refractivity contribution in [2.75, 3.05) is 32.4 Å². The van der Waals surface area contributed by atoms with E-state index in [-0.39, 0.29) is 47.4 Å². The molecule has 6 rings (SSSR count). The first-order chi connectivity index (χ1) is 21.1. The van der Waals surface area contributed by atoms with Crippen LogP contribution in [0.5, 0.6) is 0 Å². The number of hydrogen-bond donors (Lipinski definition) is 2. The third-order valence-electron chi connectivity index (χ3n) is 9.29. The highest BCUT2D eigenvalue weighted by molar-refractivity contribution is 7.90. The molecule has 0 aromatic heterocycles. The summed E-state index contributed by atoms with van der Waals surface area (Å²) in [5.74, 6) is -0.230. The largest absolute Gasteiger partial charge is 0.325 e. The number of likely N-dealkylation sites (tertiary alicyclic amines) is 1. The summed E-state index contributed by atoms with van der Waals surface area (Å²) in [7, 11) is -3.35. The number of benzene rings is 3. The highest BCUT2D eigenvalue weighted by atomic mass is 35.5. The number of halogens is 2. The third-order valence-corrected chi connectivity index (χ3v) is 10.7. The monoisotopic (exact) mass is 670 g/mol. The maximum Gasteiger partial charge on any atom is 0.325 e. The van der Waals surface area contributed by atoms with Gasteiger partial charge in [0, 0.05) is 49.8 Å². The minimum Gasteiger partial charge on any atom is -0.323 e. The molecule has 3 heterocycles. The van der Waals surface area contributed by atoms with E-state index in [0.29, 0.717) is 48.6 Å². The smallest absolute Gasteiger partial charge is 0.323 e. The van der Waals surface area contributed by atoms with E-state index in [2.05, 4.69) is 27.7 Å². The molecule has 0 bridgehead atoms. The van der Waals surface area contributed by atoms with E-state index in [9.17, 15) is 22.8 Å². The lowest BCUT2D eigenvalue weighted by Crippen LogP contribution is -2.59. The molecule has 3 aliphatic heterocycles. The quantitative estimate of drug-likeness (QED) is 0.271. The van der Waals surface area contributed by atoms with Crippen LogP contribution in [0, 0.1) is 5.92 Å². The van der Waals surface area contributed by atoms with Gasteiger partial charge in [-0.25, -0.2) is 13.2 Å². The molecule has 3 aromatic carbocycles. The zero-order valence-corrected chi connectivity index (χ0v) is 27.2. The van der Waals surface area contributed by atoms with Gasteiger partial charge < -0.3 is 10.6 Å². The highest BCUT2D eigenvalue weighted by Gasteiger charge is 2.54. The number of piperidine rings is 1. The lowest BCUT2D eigenvalue weighted by molar-refractivity contribution is -0.133. The summed E-state index contributed by atoms with van der Waals surface area (Å²) in [6.45, 7) is 2.36. The first-order valence-electron chi connectivity index (χ1n) is 14.8. The van der Waals surface area contributed by atoms with Gasteiger partial charge in [-0.15, -0.1) is 12.4 Å². The predicted octanol–water partition coefficient (Wildman–Crippen LogP) is 4.31. The standard InChI is InChI=1S/C33H35ClN4O5S.ClH/c1-44(42,43)24-13-11-22(12-14-24)21-38-31(40)33(36-32(38)41)15-17-37(18-16-33)29(30(39)25-9-5-6-10-28(25)34)27-20-35-19-26(27)23-7-3-2-4-8-23;/h2-14,26-27,29,35H,15-21H2,1H3,(H,36,41);1H/t26-,27-,29?;/m1./s1. The molecule has 238 valence electrons. The van der Waals surface area contributed by atoms with Gasteiger partial charge in [-0.3, -0.25) is 19.4 Å². The molecule has 3 aliphatic rings. The van der Waals surface area contributed by atoms with E-state index in [0.717, 1.165) is 12.8 Å². The average molecular weight is 672 g/mol. The number of hydrogen-bond acceptors (Lipinski definition) is 7. The molecule has 0 aliphatic carbocycles. The van der Waals surface area contributed by atoms with Crippen molar-refractivity contribution in [3.63, 3.8) is 0 Å². The van der Waals surface area contributed by atoms with Gasteiger partial charge in [-0.05, 0) is 48.2 Å². The lowest BCUT2D eigenvalue weighted by atomic mass is 9.78. The Bertz CT molecular complexity index is 1680. The Hall–Kier alpha value is -3.28. The second-order valence-electron chi connectivity index (χ2n) is 12.0. The van der Waals surface area contributed by atoms with Gasteiger partial charge in [0.25, 0.3) is 5.91 Å². The number of rotatable bonds is 8. The fourth-order valence-corrected chi connectivity index (χ4v) is 7.77. The molecule has 3 atom stereocenters. The number of ketones is 1. The fourth-order valence-electron chi connectivity index (χ4n) is 6.91. The highest BCUT2D eigenvalue weighted by Crippen LogP contribution is 2.38. The van der Waals surface area contributed by atoms with E-state index in [1.807, 2.05) is 30.3 Å². The summed E-state index contributed by atoms with van der Waals surface area (Å²) in [4.78, 5) is 44.6. The minimum absolute atomic E-state index is 0. The summed E-state index contributed by atoms with van der Waals surface area (Å²) in [6.07, 6.45) is 1.86. The Kier molecular flexibility index (Phi) is 9.72. The molecule has 12 heteroatoms. The maximum absolute atomic E-state index is 14.3. The molecule has 3 fully saturated rings. The van der Waals surface area contributed by atoms with Crippen molar-refractivity contribution in [2.45, 2.75) is 41.8 Å². The number of carbonyl (C=O) groups excluding carboxylic acids is 3. The number of urea groups is 1. The Morgan fingerprint density at radius 3 is 2.24 bits per heavy atom. The van der Waals surface area contributed by atoms with E-state index in [4.69, 9.17) is 11.6 Å². The zero-order valence-electron chi connectivity index (χ0n) is 24.8. The van der Waals surface area contributed by atoms with Gasteiger partial charge in [0.15, 0.2) is 15.6 Å². The van der Waals surface area contributed by atoms with Crippen molar-refractivity contribution in [2.24, 2.45) is 5.92 Å². The molecule has 0 radical (unpaired) electrons. The van der Waals surface area contributed by atoms with Crippen molar-refractivity contribution < 1.29 is 22.8 Å². The maximum atomic E-state index is 14.3. The SMILES string of the molecule is CS(=O)(=O)c1ccc(CN2C(=O)NC3(CCN(C(C(=O)c4ccccc4Cl)[C@@H]4CNC[C@@H]4c4ccccc4)CC3)C2=O)cc1.Cl. The van der Waals surface area contributed by atoms with Crippen LogP contribution in [0.25, 0.3) is 0 Å². The van der Waals surface area contributed by atoms with Crippen LogP contribution in [0.4, 0.5) is 4.79 Å². The number of carbonyl (C=O) groups is 3. The average Bonchev–Trinajstić information content (AvgIpc) is 3.58. The van der Waals surface area contributed by atoms with Gasteiger partial charge in [-0.2, -0.15) is 0 Å². The molecule has 3 aromatic rings. The van der Waals surface area contributed by atoms with Crippen LogP contribution in [0.15, 0.2) is 83.8 Å². The van der Waals surface area contributed by atoms with Crippen LogP contribution in [-0.4, -0.2) is 80.0 Å². The van der Waals surface area contributed by atoms with Gasteiger partial charge in [-0.1, -0.05) is 66.2 Å². The molecule has 2 N–H and O–H groups in total. The molecule has 9 nitrogen and oxygen atoms in total. The number of sulfone groups is 1. The van der Waals surface area contributed by atoms with Crippen LogP contribution in [-0.2, 0) is 21.2 Å². The number of Topliss-reactive ketones (excluding diaryl/α,β-unsaturated/α-hetero) is 1. The Balaban J connectivity index is 0.00000400. The summed E-state index contributed by atoms with van der Waals surface area (Å²) in [5.41, 5.74) is 1.26. The first kappa shape index (κ1) is 33.1. The summed E-state index contributed by atoms with van der Waals surface area (Å²) < 4.78 is 23.6. The van der Waals surface area contributed by atoms with Crippen molar-refractivity contribution in [1.29, 1.82) is 0 Å².